The van der Waals surface area contributed by atoms with Crippen molar-refractivity contribution in [2.75, 3.05) is 6.54 Å². The number of nitrogens with zero attached hydrogens (tertiary/aromatic N) is 1. The Morgan fingerprint density at radius 2 is 1.82 bits per heavy atom. The number of aryl methyl sites for hydroxylation is 2. The Labute approximate surface area is 169 Å². The van der Waals surface area contributed by atoms with Gasteiger partial charge in [0.05, 0.1) is 4.91 Å². The number of carbonyl (C=O) groups excluding carboxylic acids is 2. The highest BCUT2D eigenvalue weighted by Crippen LogP contribution is 2.32. The van der Waals surface area contributed by atoms with E-state index in [1.54, 1.807) is 24.3 Å². The van der Waals surface area contributed by atoms with E-state index in [-0.39, 0.29) is 11.1 Å². The van der Waals surface area contributed by atoms with Crippen LogP contribution in [-0.2, 0) is 17.6 Å². The third-order valence-corrected chi connectivity index (χ3v) is 5.56. The summed E-state index contributed by atoms with van der Waals surface area (Å²) in [6.07, 6.45) is 3.97. The molecule has 0 radical (unpaired) electrons. The molecule has 2 N–H and O–H groups in total. The van der Waals surface area contributed by atoms with Crippen molar-refractivity contribution < 1.29 is 19.6 Å². The third-order valence-electron chi connectivity index (χ3n) is 4.66. The van der Waals surface area contributed by atoms with Crippen LogP contribution in [0.1, 0.15) is 30.0 Å². The largest absolute Gasteiger partial charge is 0.488 e. The fourth-order valence-corrected chi connectivity index (χ4v) is 3.91. The molecule has 5 nitrogen and oxygen atoms in total. The smallest absolute Gasteiger partial charge is 0.423 e. The number of rotatable bonds is 7. The quantitative estimate of drug-likeness (QED) is 0.557. The van der Waals surface area contributed by atoms with Gasteiger partial charge in [-0.3, -0.25) is 14.5 Å². The van der Waals surface area contributed by atoms with E-state index in [9.17, 15) is 19.6 Å². The van der Waals surface area contributed by atoms with Crippen LogP contribution in [0.3, 0.4) is 0 Å². The van der Waals surface area contributed by atoms with E-state index in [1.165, 1.54) is 10.5 Å². The van der Waals surface area contributed by atoms with Crippen LogP contribution >= 0.6 is 11.8 Å². The lowest BCUT2D eigenvalue weighted by Crippen LogP contribution is -2.30. The summed E-state index contributed by atoms with van der Waals surface area (Å²) in [5.41, 5.74) is 3.50. The van der Waals surface area contributed by atoms with Crippen molar-refractivity contribution >= 4 is 41.6 Å². The molecular weight excluding hydrogens is 373 g/mol. The van der Waals surface area contributed by atoms with Crippen molar-refractivity contribution in [1.29, 1.82) is 0 Å². The van der Waals surface area contributed by atoms with E-state index in [0.717, 1.165) is 29.3 Å². The summed E-state index contributed by atoms with van der Waals surface area (Å²) in [7, 11) is -1.50. The van der Waals surface area contributed by atoms with E-state index in [0.29, 0.717) is 29.8 Å². The van der Waals surface area contributed by atoms with Gasteiger partial charge in [0.1, 0.15) is 0 Å². The predicted octanol–water partition coefficient (Wildman–Crippen LogP) is 2.60. The highest BCUT2D eigenvalue weighted by Gasteiger charge is 2.34. The van der Waals surface area contributed by atoms with Gasteiger partial charge in [0.15, 0.2) is 0 Å². The van der Waals surface area contributed by atoms with Crippen LogP contribution in [0.2, 0.25) is 0 Å². The Balaban J connectivity index is 1.60. The van der Waals surface area contributed by atoms with Gasteiger partial charge in [-0.25, -0.2) is 0 Å². The van der Waals surface area contributed by atoms with Crippen molar-refractivity contribution in [1.82, 2.24) is 4.90 Å². The molecule has 0 aromatic heterocycles. The van der Waals surface area contributed by atoms with Gasteiger partial charge in [0.25, 0.3) is 11.1 Å². The standard InChI is InChI=1S/C21H22BNO4S/c1-2-15-8-10-17(11-9-15)14-19-20(24)23(21(25)28-19)12-4-6-16-5-3-7-18(13-16)22(26)27/h3,5,7-11,13-14,26-27H,2,4,6,12H2,1H3/b19-14-. The Bertz CT molecular complexity index is 896. The number of hydrogen-bond acceptors (Lipinski definition) is 5. The molecule has 28 heavy (non-hydrogen) atoms. The van der Waals surface area contributed by atoms with Crippen molar-refractivity contribution in [2.45, 2.75) is 26.2 Å². The van der Waals surface area contributed by atoms with E-state index < -0.39 is 7.12 Å². The molecule has 1 aliphatic rings. The summed E-state index contributed by atoms with van der Waals surface area (Å²) in [4.78, 5) is 26.5. The molecule has 0 spiro atoms. The first-order valence-electron chi connectivity index (χ1n) is 9.27. The van der Waals surface area contributed by atoms with E-state index >= 15 is 0 Å². The maximum absolute atomic E-state index is 12.6. The highest BCUT2D eigenvalue weighted by atomic mass is 32.2. The van der Waals surface area contributed by atoms with E-state index in [1.807, 2.05) is 30.3 Å². The Morgan fingerprint density at radius 1 is 1.07 bits per heavy atom. The van der Waals surface area contributed by atoms with Crippen LogP contribution in [-0.4, -0.2) is 39.8 Å². The van der Waals surface area contributed by atoms with Gasteiger partial charge in [-0.15, -0.1) is 0 Å². The minimum atomic E-state index is -1.50. The van der Waals surface area contributed by atoms with Crippen LogP contribution in [0.5, 0.6) is 0 Å². The first kappa shape index (κ1) is 20.4. The zero-order valence-electron chi connectivity index (χ0n) is 15.7. The lowest BCUT2D eigenvalue weighted by Gasteiger charge is -2.12. The molecule has 2 aromatic carbocycles. The van der Waals surface area contributed by atoms with Crippen LogP contribution in [0.25, 0.3) is 6.08 Å². The van der Waals surface area contributed by atoms with Crippen LogP contribution in [0, 0.1) is 0 Å². The SMILES string of the molecule is CCc1ccc(/C=C2\SC(=O)N(CCCc3cccc(B(O)O)c3)C2=O)cc1. The summed E-state index contributed by atoms with van der Waals surface area (Å²) in [5.74, 6) is -0.255. The van der Waals surface area contributed by atoms with Crippen molar-refractivity contribution in [2.24, 2.45) is 0 Å². The first-order chi connectivity index (χ1) is 13.5. The molecule has 0 bridgehead atoms. The average molecular weight is 395 g/mol. The molecule has 144 valence electrons. The molecule has 1 heterocycles. The fourth-order valence-electron chi connectivity index (χ4n) is 3.04. The van der Waals surface area contributed by atoms with Gasteiger partial charge in [-0.05, 0) is 59.3 Å². The topological polar surface area (TPSA) is 77.8 Å². The van der Waals surface area contributed by atoms with Gasteiger partial charge < -0.3 is 10.0 Å². The van der Waals surface area contributed by atoms with Gasteiger partial charge in [0.2, 0.25) is 0 Å². The van der Waals surface area contributed by atoms with Crippen LogP contribution < -0.4 is 5.46 Å². The van der Waals surface area contributed by atoms with Gasteiger partial charge >= 0.3 is 7.12 Å². The van der Waals surface area contributed by atoms with Gasteiger partial charge in [-0.2, -0.15) is 0 Å². The average Bonchev–Trinajstić information content (AvgIpc) is 2.96. The van der Waals surface area contributed by atoms with E-state index in [2.05, 4.69) is 6.92 Å². The second-order valence-corrected chi connectivity index (χ2v) is 7.64. The lowest BCUT2D eigenvalue weighted by atomic mass is 9.79. The molecule has 3 rings (SSSR count). The number of hydrogen-bond donors (Lipinski definition) is 2. The zero-order chi connectivity index (χ0) is 20.1. The van der Waals surface area contributed by atoms with Gasteiger partial charge in [-0.1, -0.05) is 55.5 Å². The zero-order valence-corrected chi connectivity index (χ0v) is 16.5. The molecule has 1 aliphatic heterocycles. The highest BCUT2D eigenvalue weighted by molar-refractivity contribution is 8.18. The number of imide groups is 1. The van der Waals surface area contributed by atoms with Gasteiger partial charge in [0, 0.05) is 6.54 Å². The molecule has 0 aliphatic carbocycles. The minimum Gasteiger partial charge on any atom is -0.423 e. The summed E-state index contributed by atoms with van der Waals surface area (Å²) in [6, 6.07) is 15.0. The first-order valence-corrected chi connectivity index (χ1v) is 10.1. The Hall–Kier alpha value is -2.35. The van der Waals surface area contributed by atoms with Crippen molar-refractivity contribution in [3.05, 3.63) is 70.1 Å². The molecule has 2 amide bonds. The Morgan fingerprint density at radius 3 is 2.50 bits per heavy atom. The minimum absolute atomic E-state index is 0.249. The van der Waals surface area contributed by atoms with Crippen molar-refractivity contribution in [3.63, 3.8) is 0 Å². The molecule has 2 aromatic rings. The molecule has 1 fully saturated rings. The Kier molecular flexibility index (Phi) is 6.72. The summed E-state index contributed by atoms with van der Waals surface area (Å²) < 4.78 is 0. The summed E-state index contributed by atoms with van der Waals surface area (Å²) in [6.45, 7) is 2.42. The normalized spacial score (nSPS) is 15.5. The van der Waals surface area contributed by atoms with Crippen molar-refractivity contribution in [3.8, 4) is 0 Å². The molecule has 0 atom stereocenters. The molecule has 1 saturated heterocycles. The molecule has 7 heteroatoms. The number of thioether (sulfide) groups is 1. The van der Waals surface area contributed by atoms with E-state index in [4.69, 9.17) is 0 Å². The maximum atomic E-state index is 12.6. The predicted molar refractivity (Wildman–Crippen MR) is 113 cm³/mol. The number of benzene rings is 2. The third kappa shape index (κ3) is 4.92. The maximum Gasteiger partial charge on any atom is 0.488 e. The second-order valence-electron chi connectivity index (χ2n) is 6.65. The molecule has 0 saturated carbocycles. The number of amides is 2. The monoisotopic (exact) mass is 395 g/mol. The molecule has 0 unspecified atom stereocenters. The fraction of sp³-hybridized carbons (Fsp3) is 0.238. The second kappa shape index (κ2) is 9.23. The van der Waals surface area contributed by atoms with Crippen LogP contribution in [0.4, 0.5) is 4.79 Å². The van der Waals surface area contributed by atoms with Crippen LogP contribution in [0.15, 0.2) is 53.4 Å². The lowest BCUT2D eigenvalue weighted by molar-refractivity contribution is -0.122. The molecular formula is C21H22BNO4S. The summed E-state index contributed by atoms with van der Waals surface area (Å²) in [5, 5.41) is 18.2. The summed E-state index contributed by atoms with van der Waals surface area (Å²) >= 11 is 0.972. The number of carbonyl (C=O) groups is 2.